The van der Waals surface area contributed by atoms with Crippen LogP contribution in [-0.2, 0) is 27.3 Å². The van der Waals surface area contributed by atoms with Gasteiger partial charge >= 0.3 is 17.8 Å². The summed E-state index contributed by atoms with van der Waals surface area (Å²) < 4.78 is 0. The molecule has 4 N–H and O–H groups in total. The van der Waals surface area contributed by atoms with Gasteiger partial charge in [-0.3, -0.25) is 14.4 Å². The van der Waals surface area contributed by atoms with Crippen molar-refractivity contribution in [3.63, 3.8) is 0 Å². The molecule has 3 heterocycles. The third-order valence-electron chi connectivity index (χ3n) is 4.36. The smallest absolute Gasteiger partial charge is 0.328 e. The van der Waals surface area contributed by atoms with Gasteiger partial charge in [0.25, 0.3) is 5.91 Å². The highest BCUT2D eigenvalue weighted by Gasteiger charge is 2.26. The van der Waals surface area contributed by atoms with E-state index >= 15 is 0 Å². The van der Waals surface area contributed by atoms with Crippen LogP contribution in [0.1, 0.15) is 20.4 Å². The number of hydrogen-bond acceptors (Lipinski definition) is 8. The molecule has 2 aromatic heterocycles. The zero-order valence-electron chi connectivity index (χ0n) is 16.8. The molecular weight excluding hydrogens is 483 g/mol. The first-order valence-corrected chi connectivity index (χ1v) is 10.3. The van der Waals surface area contributed by atoms with Gasteiger partial charge in [0.2, 0.25) is 0 Å². The Morgan fingerprint density at radius 3 is 2.69 bits per heavy atom. The first-order chi connectivity index (χ1) is 14.7. The number of aromatic nitrogens is 2. The first-order valence-electron chi connectivity index (χ1n) is 9.14. The summed E-state index contributed by atoms with van der Waals surface area (Å²) in [5.41, 5.74) is 0.834. The van der Waals surface area contributed by atoms with E-state index in [1.807, 2.05) is 7.05 Å². The van der Waals surface area contributed by atoms with Crippen LogP contribution in [0.15, 0.2) is 18.3 Å². The second kappa shape index (κ2) is 11.2. The molecule has 0 spiro atoms. The monoisotopic (exact) mass is 502 g/mol. The van der Waals surface area contributed by atoms with Gasteiger partial charge in [0.1, 0.15) is 11.9 Å². The average molecular weight is 503 g/mol. The summed E-state index contributed by atoms with van der Waals surface area (Å²) in [7, 11) is 1.96. The standard InChI is InChI=1S/C18H19ClN6O5S.ClH/c1-25-5-4-10-12(8-25)31-17(23-10)16(28)22-11(18(29)30)7-21-14(26)15(27)24-13-3-2-9(19)6-20-13;/h2-3,6,11H,4-5,7-8H2,1H3,(H,21,26)(H,22,28)(H,29,30)(H,20,24,27);1H/t11-;/m0./s1. The molecule has 1 aliphatic heterocycles. The number of pyridine rings is 1. The number of nitrogens with zero attached hydrogens (tertiary/aromatic N) is 3. The molecule has 0 bridgehead atoms. The van der Waals surface area contributed by atoms with Crippen LogP contribution in [0.2, 0.25) is 5.02 Å². The number of carboxylic acids is 1. The molecule has 14 heteroatoms. The highest BCUT2D eigenvalue weighted by molar-refractivity contribution is 7.13. The summed E-state index contributed by atoms with van der Waals surface area (Å²) in [6, 6.07) is 1.44. The van der Waals surface area contributed by atoms with Gasteiger partial charge in [0, 0.05) is 37.1 Å². The van der Waals surface area contributed by atoms with Gasteiger partial charge in [-0.1, -0.05) is 11.6 Å². The Morgan fingerprint density at radius 2 is 2.03 bits per heavy atom. The number of thiazole rings is 1. The summed E-state index contributed by atoms with van der Waals surface area (Å²) in [6.45, 7) is 1.01. The van der Waals surface area contributed by atoms with Crippen molar-refractivity contribution in [3.8, 4) is 0 Å². The number of carbonyl (C=O) groups is 4. The molecule has 11 nitrogen and oxygen atoms in total. The van der Waals surface area contributed by atoms with E-state index in [1.165, 1.54) is 29.7 Å². The van der Waals surface area contributed by atoms with Crippen molar-refractivity contribution in [2.45, 2.75) is 19.0 Å². The van der Waals surface area contributed by atoms with E-state index in [1.54, 1.807) is 0 Å². The Hall–Kier alpha value is -2.80. The maximum absolute atomic E-state index is 12.5. The fourth-order valence-corrected chi connectivity index (χ4v) is 3.94. The van der Waals surface area contributed by atoms with Crippen LogP contribution >= 0.6 is 35.3 Å². The van der Waals surface area contributed by atoms with Crippen LogP contribution in [0.4, 0.5) is 5.82 Å². The van der Waals surface area contributed by atoms with Crippen LogP contribution in [0.5, 0.6) is 0 Å². The molecule has 0 aliphatic carbocycles. The summed E-state index contributed by atoms with van der Waals surface area (Å²) in [5, 5.41) is 16.6. The van der Waals surface area contributed by atoms with E-state index < -0.39 is 36.3 Å². The molecule has 1 aliphatic rings. The molecule has 172 valence electrons. The van der Waals surface area contributed by atoms with Crippen molar-refractivity contribution in [1.29, 1.82) is 0 Å². The second-order valence-electron chi connectivity index (χ2n) is 6.77. The number of carboxylic acid groups (broad SMARTS) is 1. The van der Waals surface area contributed by atoms with Gasteiger partial charge in [0.05, 0.1) is 10.7 Å². The lowest BCUT2D eigenvalue weighted by molar-refractivity contribution is -0.140. The first kappa shape index (κ1) is 25.5. The molecule has 3 amide bonds. The molecular formula is C18H20Cl2N6O5S. The SMILES string of the molecule is CN1CCc2nc(C(=O)N[C@@H](CNC(=O)C(=O)Nc3ccc(Cl)cn3)C(=O)O)sc2C1.Cl. The Balaban J connectivity index is 0.00000363. The molecule has 3 rings (SSSR count). The van der Waals surface area contributed by atoms with E-state index in [2.05, 4.69) is 30.8 Å². The average Bonchev–Trinajstić information content (AvgIpc) is 3.15. The van der Waals surface area contributed by atoms with E-state index in [9.17, 15) is 24.3 Å². The molecule has 1 atom stereocenters. The van der Waals surface area contributed by atoms with E-state index in [-0.39, 0.29) is 23.2 Å². The predicted octanol–water partition coefficient (Wildman–Crippen LogP) is 0.539. The van der Waals surface area contributed by atoms with Crippen molar-refractivity contribution in [2.24, 2.45) is 0 Å². The Morgan fingerprint density at radius 1 is 1.28 bits per heavy atom. The van der Waals surface area contributed by atoms with Crippen LogP contribution in [0, 0.1) is 0 Å². The third kappa shape index (κ3) is 6.60. The topological polar surface area (TPSA) is 154 Å². The number of likely N-dealkylation sites (N-methyl/N-ethyl adjacent to an activating group) is 1. The fraction of sp³-hybridized carbons (Fsp3) is 0.333. The largest absolute Gasteiger partial charge is 0.480 e. The fourth-order valence-electron chi connectivity index (χ4n) is 2.74. The summed E-state index contributed by atoms with van der Waals surface area (Å²) in [6.07, 6.45) is 2.01. The quantitative estimate of drug-likeness (QED) is 0.417. The highest BCUT2D eigenvalue weighted by atomic mass is 35.5. The van der Waals surface area contributed by atoms with Crippen molar-refractivity contribution in [3.05, 3.63) is 38.9 Å². The molecule has 0 radical (unpaired) electrons. The molecule has 0 saturated heterocycles. The lowest BCUT2D eigenvalue weighted by Gasteiger charge is -2.20. The predicted molar refractivity (Wildman–Crippen MR) is 119 cm³/mol. The summed E-state index contributed by atoms with van der Waals surface area (Å²) in [4.78, 5) is 59.0. The lowest BCUT2D eigenvalue weighted by atomic mass is 10.2. The van der Waals surface area contributed by atoms with Crippen molar-refractivity contribution < 1.29 is 24.3 Å². The van der Waals surface area contributed by atoms with Gasteiger partial charge in [-0.05, 0) is 19.2 Å². The Labute approximate surface area is 198 Å². The van der Waals surface area contributed by atoms with Gasteiger partial charge in [-0.2, -0.15) is 0 Å². The molecule has 0 unspecified atom stereocenters. The second-order valence-corrected chi connectivity index (χ2v) is 8.29. The Kier molecular flexibility index (Phi) is 8.89. The van der Waals surface area contributed by atoms with Gasteiger partial charge in [-0.15, -0.1) is 23.7 Å². The number of fused-ring (bicyclic) bond motifs is 1. The minimum absolute atomic E-state index is 0. The number of rotatable bonds is 6. The highest BCUT2D eigenvalue weighted by Crippen LogP contribution is 2.24. The minimum atomic E-state index is -1.44. The number of halogens is 2. The van der Waals surface area contributed by atoms with Gasteiger partial charge in [-0.25, -0.2) is 14.8 Å². The number of nitrogens with one attached hydrogen (secondary N) is 3. The van der Waals surface area contributed by atoms with Crippen LogP contribution in [0.25, 0.3) is 0 Å². The van der Waals surface area contributed by atoms with Gasteiger partial charge in [0.15, 0.2) is 5.01 Å². The number of hydrogen-bond donors (Lipinski definition) is 4. The number of carbonyl (C=O) groups excluding carboxylic acids is 3. The van der Waals surface area contributed by atoms with E-state index in [0.29, 0.717) is 18.0 Å². The summed E-state index contributed by atoms with van der Waals surface area (Å²) in [5.74, 6) is -4.04. The van der Waals surface area contributed by atoms with E-state index in [0.717, 1.165) is 17.1 Å². The molecule has 32 heavy (non-hydrogen) atoms. The third-order valence-corrected chi connectivity index (χ3v) is 5.67. The molecule has 0 aromatic carbocycles. The molecule has 2 aromatic rings. The molecule has 0 saturated carbocycles. The van der Waals surface area contributed by atoms with E-state index in [4.69, 9.17) is 11.6 Å². The van der Waals surface area contributed by atoms with Crippen molar-refractivity contribution in [1.82, 2.24) is 25.5 Å². The van der Waals surface area contributed by atoms with Crippen molar-refractivity contribution in [2.75, 3.05) is 25.5 Å². The number of anilines is 1. The normalized spacial score (nSPS) is 13.8. The Bertz CT molecular complexity index is 1020. The number of aliphatic carboxylic acids is 1. The minimum Gasteiger partial charge on any atom is -0.480 e. The van der Waals surface area contributed by atoms with Crippen LogP contribution in [-0.4, -0.2) is 69.8 Å². The zero-order valence-corrected chi connectivity index (χ0v) is 19.1. The number of amides is 3. The summed E-state index contributed by atoms with van der Waals surface area (Å²) >= 11 is 6.90. The van der Waals surface area contributed by atoms with Crippen molar-refractivity contribution >= 4 is 64.9 Å². The zero-order chi connectivity index (χ0) is 22.5. The van der Waals surface area contributed by atoms with Crippen LogP contribution in [0.3, 0.4) is 0 Å². The maximum atomic E-state index is 12.5. The van der Waals surface area contributed by atoms with Gasteiger partial charge < -0.3 is 26.0 Å². The maximum Gasteiger partial charge on any atom is 0.328 e. The molecule has 0 fully saturated rings. The lowest BCUT2D eigenvalue weighted by Crippen LogP contribution is -2.50. The van der Waals surface area contributed by atoms with Crippen LogP contribution < -0.4 is 16.0 Å².